The van der Waals surface area contributed by atoms with Gasteiger partial charge in [-0.05, 0) is 55.2 Å². The molecule has 0 saturated carbocycles. The van der Waals surface area contributed by atoms with Crippen molar-refractivity contribution < 1.29 is 22.8 Å². The minimum atomic E-state index is -3.83. The number of sulfonamides is 1. The Bertz CT molecular complexity index is 1370. The number of fused-ring (bicyclic) bond motifs is 1. The summed E-state index contributed by atoms with van der Waals surface area (Å²) in [6, 6.07) is 18.5. The number of nitro groups is 1. The molecule has 0 amide bonds. The van der Waals surface area contributed by atoms with Crippen LogP contribution in [0, 0.1) is 17.0 Å². The molecule has 2 aliphatic heterocycles. The SMILES string of the molecule is Cc1cccc(S(=O)(=O)N(c2ccc3c(c2)OCO3)C2CCN(Cc3ccc([N+](=O)[O-])cc3)CC2)c1. The Morgan fingerprint density at radius 3 is 2.42 bits per heavy atom. The highest BCUT2D eigenvalue weighted by Crippen LogP contribution is 2.39. The third-order valence-corrected chi connectivity index (χ3v) is 8.48. The summed E-state index contributed by atoms with van der Waals surface area (Å²) in [6.45, 7) is 4.04. The molecule has 0 unspecified atom stereocenters. The highest BCUT2D eigenvalue weighted by atomic mass is 32.2. The lowest BCUT2D eigenvalue weighted by molar-refractivity contribution is -0.384. The average Bonchev–Trinajstić information content (AvgIpc) is 3.34. The van der Waals surface area contributed by atoms with Crippen LogP contribution in [0.2, 0.25) is 0 Å². The minimum absolute atomic E-state index is 0.0678. The van der Waals surface area contributed by atoms with E-state index in [1.165, 1.54) is 16.4 Å². The third-order valence-electron chi connectivity index (χ3n) is 6.60. The van der Waals surface area contributed by atoms with Gasteiger partial charge in [-0.2, -0.15) is 0 Å². The van der Waals surface area contributed by atoms with Crippen molar-refractivity contribution in [1.82, 2.24) is 4.90 Å². The van der Waals surface area contributed by atoms with Crippen molar-refractivity contribution >= 4 is 21.4 Å². The van der Waals surface area contributed by atoms with Crippen LogP contribution in [0.4, 0.5) is 11.4 Å². The summed E-state index contributed by atoms with van der Waals surface area (Å²) in [6.07, 6.45) is 1.29. The number of rotatable bonds is 7. The molecule has 0 spiro atoms. The standard InChI is InChI=1S/C26H27N3O6S/c1-19-3-2-4-24(15-19)36(32,33)28(23-9-10-25-26(16-23)35-18-34-25)21-11-13-27(14-12-21)17-20-5-7-22(8-6-20)29(30)31/h2-10,15-16,21H,11-14,17-18H2,1H3. The van der Waals surface area contributed by atoms with Crippen LogP contribution in [0.25, 0.3) is 0 Å². The number of non-ortho nitro benzene ring substituents is 1. The Morgan fingerprint density at radius 1 is 1.00 bits per heavy atom. The van der Waals surface area contributed by atoms with E-state index >= 15 is 0 Å². The molecular weight excluding hydrogens is 482 g/mol. The molecule has 9 nitrogen and oxygen atoms in total. The Hall–Kier alpha value is -3.63. The maximum atomic E-state index is 13.9. The van der Waals surface area contributed by atoms with Gasteiger partial charge in [0.05, 0.1) is 15.5 Å². The van der Waals surface area contributed by atoms with Crippen molar-refractivity contribution in [1.29, 1.82) is 0 Å². The van der Waals surface area contributed by atoms with E-state index in [0.29, 0.717) is 49.7 Å². The molecule has 0 aromatic heterocycles. The van der Waals surface area contributed by atoms with Crippen LogP contribution in [0.3, 0.4) is 0 Å². The minimum Gasteiger partial charge on any atom is -0.454 e. The monoisotopic (exact) mass is 509 g/mol. The van der Waals surface area contributed by atoms with Crippen molar-refractivity contribution in [2.75, 3.05) is 24.2 Å². The topological polar surface area (TPSA) is 102 Å². The van der Waals surface area contributed by atoms with E-state index in [-0.39, 0.29) is 23.4 Å². The normalized spacial score (nSPS) is 16.1. The van der Waals surface area contributed by atoms with Crippen molar-refractivity contribution in [3.63, 3.8) is 0 Å². The third kappa shape index (κ3) is 4.87. The summed E-state index contributed by atoms with van der Waals surface area (Å²) in [5.41, 5.74) is 2.48. The van der Waals surface area contributed by atoms with E-state index in [2.05, 4.69) is 4.90 Å². The van der Waals surface area contributed by atoms with Gasteiger partial charge in [0.2, 0.25) is 6.79 Å². The number of likely N-dealkylation sites (tertiary alicyclic amines) is 1. The highest BCUT2D eigenvalue weighted by Gasteiger charge is 2.35. The summed E-state index contributed by atoms with van der Waals surface area (Å²) in [5.74, 6) is 1.14. The van der Waals surface area contributed by atoms with E-state index in [9.17, 15) is 18.5 Å². The first kappa shape index (κ1) is 24.1. The number of ether oxygens (including phenoxy) is 2. The fraction of sp³-hybridized carbons (Fsp3) is 0.308. The Morgan fingerprint density at radius 2 is 1.72 bits per heavy atom. The van der Waals surface area contributed by atoms with E-state index < -0.39 is 14.9 Å². The molecular formula is C26H27N3O6S. The summed E-state index contributed by atoms with van der Waals surface area (Å²) in [4.78, 5) is 13.0. The number of anilines is 1. The van der Waals surface area contributed by atoms with Crippen LogP contribution in [0.1, 0.15) is 24.0 Å². The fourth-order valence-corrected chi connectivity index (χ4v) is 6.56. The second-order valence-electron chi connectivity index (χ2n) is 9.09. The van der Waals surface area contributed by atoms with Gasteiger partial charge in [0, 0.05) is 43.9 Å². The number of nitro benzene ring substituents is 1. The fourth-order valence-electron chi connectivity index (χ4n) is 4.75. The average molecular weight is 510 g/mol. The highest BCUT2D eigenvalue weighted by molar-refractivity contribution is 7.92. The van der Waals surface area contributed by atoms with Crippen LogP contribution < -0.4 is 13.8 Å². The van der Waals surface area contributed by atoms with Gasteiger partial charge in [0.15, 0.2) is 11.5 Å². The van der Waals surface area contributed by atoms with Gasteiger partial charge < -0.3 is 9.47 Å². The zero-order valence-electron chi connectivity index (χ0n) is 19.9. The van der Waals surface area contributed by atoms with Gasteiger partial charge in [-0.15, -0.1) is 0 Å². The molecule has 188 valence electrons. The van der Waals surface area contributed by atoms with Crippen LogP contribution in [0.5, 0.6) is 11.5 Å². The molecule has 1 saturated heterocycles. The maximum Gasteiger partial charge on any atom is 0.269 e. The number of piperidine rings is 1. The first-order chi connectivity index (χ1) is 17.3. The van der Waals surface area contributed by atoms with E-state index in [1.807, 2.05) is 13.0 Å². The largest absolute Gasteiger partial charge is 0.454 e. The molecule has 0 bridgehead atoms. The van der Waals surface area contributed by atoms with E-state index in [0.717, 1.165) is 11.1 Å². The van der Waals surface area contributed by atoms with E-state index in [1.54, 1.807) is 48.5 Å². The molecule has 0 N–H and O–H groups in total. The van der Waals surface area contributed by atoms with Gasteiger partial charge in [-0.25, -0.2) is 8.42 Å². The number of benzene rings is 3. The van der Waals surface area contributed by atoms with Crippen molar-refractivity contribution in [3.8, 4) is 11.5 Å². The predicted octanol–water partition coefficient (Wildman–Crippen LogP) is 4.49. The zero-order valence-corrected chi connectivity index (χ0v) is 20.7. The van der Waals surface area contributed by atoms with Crippen molar-refractivity contribution in [3.05, 3.63) is 88.0 Å². The lowest BCUT2D eigenvalue weighted by atomic mass is 10.0. The summed E-state index contributed by atoms with van der Waals surface area (Å²) in [7, 11) is -3.83. The molecule has 0 atom stereocenters. The smallest absolute Gasteiger partial charge is 0.269 e. The number of hydrogen-bond donors (Lipinski definition) is 0. The lowest BCUT2D eigenvalue weighted by Gasteiger charge is -2.39. The molecule has 1 fully saturated rings. The van der Waals surface area contributed by atoms with Crippen LogP contribution in [0.15, 0.2) is 71.6 Å². The first-order valence-corrected chi connectivity index (χ1v) is 13.2. The molecule has 10 heteroatoms. The Balaban J connectivity index is 1.38. The molecule has 0 aliphatic carbocycles. The molecule has 2 aliphatic rings. The van der Waals surface area contributed by atoms with Crippen molar-refractivity contribution in [2.24, 2.45) is 0 Å². The van der Waals surface area contributed by atoms with Gasteiger partial charge in [-0.1, -0.05) is 24.3 Å². The predicted molar refractivity (Wildman–Crippen MR) is 135 cm³/mol. The van der Waals surface area contributed by atoms with Crippen LogP contribution >= 0.6 is 0 Å². The molecule has 0 radical (unpaired) electrons. The second-order valence-corrected chi connectivity index (χ2v) is 10.9. The summed E-state index contributed by atoms with van der Waals surface area (Å²) >= 11 is 0. The Kier molecular flexibility index (Phi) is 6.55. The second kappa shape index (κ2) is 9.79. The van der Waals surface area contributed by atoms with Crippen LogP contribution in [-0.2, 0) is 16.6 Å². The van der Waals surface area contributed by atoms with Crippen LogP contribution in [-0.4, -0.2) is 44.2 Å². The molecule has 3 aromatic carbocycles. The number of hydrogen-bond acceptors (Lipinski definition) is 7. The molecule has 2 heterocycles. The first-order valence-electron chi connectivity index (χ1n) is 11.8. The number of aryl methyl sites for hydroxylation is 1. The van der Waals surface area contributed by atoms with Gasteiger partial charge in [0.1, 0.15) is 0 Å². The maximum absolute atomic E-state index is 13.9. The van der Waals surface area contributed by atoms with Gasteiger partial charge >= 0.3 is 0 Å². The molecule has 5 rings (SSSR count). The van der Waals surface area contributed by atoms with Crippen molar-refractivity contribution in [2.45, 2.75) is 37.2 Å². The van der Waals surface area contributed by atoms with E-state index in [4.69, 9.17) is 9.47 Å². The summed E-state index contributed by atoms with van der Waals surface area (Å²) < 4.78 is 40.3. The molecule has 36 heavy (non-hydrogen) atoms. The lowest BCUT2D eigenvalue weighted by Crippen LogP contribution is -2.47. The number of nitrogens with zero attached hydrogens (tertiary/aromatic N) is 3. The Labute approximate surface area is 210 Å². The quantitative estimate of drug-likeness (QED) is 0.341. The molecule has 3 aromatic rings. The summed E-state index contributed by atoms with van der Waals surface area (Å²) in [5, 5.41) is 10.9. The van der Waals surface area contributed by atoms with Gasteiger partial charge in [-0.3, -0.25) is 19.3 Å². The van der Waals surface area contributed by atoms with Gasteiger partial charge in [0.25, 0.3) is 15.7 Å². The zero-order chi connectivity index (χ0) is 25.3.